The highest BCUT2D eigenvalue weighted by molar-refractivity contribution is 6.05. The summed E-state index contributed by atoms with van der Waals surface area (Å²) in [6.45, 7) is 0. The number of carbonyl (C=O) groups is 2. The zero-order valence-corrected chi connectivity index (χ0v) is 14.7. The molecule has 2 aromatic carbocycles. The van der Waals surface area contributed by atoms with Crippen molar-refractivity contribution < 1.29 is 23.7 Å². The van der Waals surface area contributed by atoms with Gasteiger partial charge in [-0.05, 0) is 48.5 Å². The first kappa shape index (κ1) is 18.6. The lowest BCUT2D eigenvalue weighted by Gasteiger charge is -2.08. The zero-order chi connectivity index (χ0) is 20.1. The number of rotatable bonds is 6. The molecule has 0 atom stereocenters. The minimum Gasteiger partial charge on any atom is -0.490 e. The van der Waals surface area contributed by atoms with E-state index in [-0.39, 0.29) is 22.8 Å². The third kappa shape index (κ3) is 4.15. The number of ether oxygens (including phenoxy) is 1. The van der Waals surface area contributed by atoms with E-state index in [1.165, 1.54) is 31.6 Å². The largest absolute Gasteiger partial charge is 0.490 e. The predicted octanol–water partition coefficient (Wildman–Crippen LogP) is 3.70. The molecular formula is C19H15N3O6. The first-order valence-electron chi connectivity index (χ1n) is 8.06. The molecule has 0 fully saturated rings. The number of methoxy groups -OCH3 is 1. The Morgan fingerprint density at radius 1 is 1.00 bits per heavy atom. The van der Waals surface area contributed by atoms with Crippen molar-refractivity contribution in [1.82, 2.24) is 0 Å². The lowest BCUT2D eigenvalue weighted by atomic mass is 10.1. The zero-order valence-electron chi connectivity index (χ0n) is 14.7. The van der Waals surface area contributed by atoms with E-state index in [9.17, 15) is 19.7 Å². The molecular weight excluding hydrogens is 366 g/mol. The molecule has 0 aliphatic rings. The Morgan fingerprint density at radius 2 is 1.64 bits per heavy atom. The highest BCUT2D eigenvalue weighted by Gasteiger charge is 2.18. The van der Waals surface area contributed by atoms with Gasteiger partial charge >= 0.3 is 5.69 Å². The summed E-state index contributed by atoms with van der Waals surface area (Å²) in [6.07, 6.45) is 1.40. The fourth-order valence-electron chi connectivity index (χ4n) is 2.41. The molecule has 0 radical (unpaired) electrons. The van der Waals surface area contributed by atoms with Crippen molar-refractivity contribution in [3.63, 3.8) is 0 Å². The fraction of sp³-hybridized carbons (Fsp3) is 0.0526. The third-order valence-electron chi connectivity index (χ3n) is 3.78. The molecule has 0 unspecified atom stereocenters. The molecule has 9 heteroatoms. The lowest BCUT2D eigenvalue weighted by Crippen LogP contribution is -2.13. The lowest BCUT2D eigenvalue weighted by molar-refractivity contribution is -0.385. The van der Waals surface area contributed by atoms with Crippen LogP contribution in [0.1, 0.15) is 20.9 Å². The smallest absolute Gasteiger partial charge is 0.311 e. The molecule has 0 bridgehead atoms. The van der Waals surface area contributed by atoms with E-state index in [1.54, 1.807) is 30.3 Å². The topological polar surface area (TPSA) is 124 Å². The summed E-state index contributed by atoms with van der Waals surface area (Å²) < 4.78 is 9.93. The van der Waals surface area contributed by atoms with Gasteiger partial charge in [0.05, 0.1) is 18.3 Å². The number of carbonyl (C=O) groups excluding carboxylic acids is 2. The van der Waals surface area contributed by atoms with E-state index < -0.39 is 16.7 Å². The number of hydrogen-bond donors (Lipinski definition) is 2. The van der Waals surface area contributed by atoms with E-state index in [2.05, 4.69) is 10.6 Å². The first-order valence-corrected chi connectivity index (χ1v) is 8.06. The van der Waals surface area contributed by atoms with Crippen molar-refractivity contribution in [3.05, 3.63) is 82.3 Å². The van der Waals surface area contributed by atoms with E-state index >= 15 is 0 Å². The maximum absolute atomic E-state index is 12.3. The van der Waals surface area contributed by atoms with Gasteiger partial charge in [0.1, 0.15) is 0 Å². The van der Waals surface area contributed by atoms with Gasteiger partial charge in [0.25, 0.3) is 11.8 Å². The van der Waals surface area contributed by atoms with Crippen LogP contribution in [0.25, 0.3) is 0 Å². The molecule has 142 valence electrons. The van der Waals surface area contributed by atoms with E-state index in [0.29, 0.717) is 11.4 Å². The standard InChI is InChI=1S/C19H15N3O6/c1-27-16-9-4-12(11-15(16)22(25)26)18(23)20-13-5-7-14(8-6-13)21-19(24)17-3-2-10-28-17/h2-11H,1H3,(H,20,23)(H,21,24). The van der Waals surface area contributed by atoms with Gasteiger partial charge in [-0.2, -0.15) is 0 Å². The van der Waals surface area contributed by atoms with Crippen LogP contribution >= 0.6 is 0 Å². The summed E-state index contributed by atoms with van der Waals surface area (Å²) in [5, 5.41) is 16.4. The fourth-order valence-corrected chi connectivity index (χ4v) is 2.41. The number of benzene rings is 2. The van der Waals surface area contributed by atoms with Crippen molar-refractivity contribution in [1.29, 1.82) is 0 Å². The normalized spacial score (nSPS) is 10.2. The van der Waals surface area contributed by atoms with Gasteiger partial charge in [-0.15, -0.1) is 0 Å². The molecule has 3 aromatic rings. The molecule has 1 aromatic heterocycles. The van der Waals surface area contributed by atoms with E-state index in [4.69, 9.17) is 9.15 Å². The Hall–Kier alpha value is -4.14. The average molecular weight is 381 g/mol. The Kier molecular flexibility index (Phi) is 5.35. The summed E-state index contributed by atoms with van der Waals surface area (Å²) in [7, 11) is 1.31. The SMILES string of the molecule is COc1ccc(C(=O)Nc2ccc(NC(=O)c3ccco3)cc2)cc1[N+](=O)[O-]. The van der Waals surface area contributed by atoms with Crippen molar-refractivity contribution in [2.24, 2.45) is 0 Å². The second-order valence-electron chi connectivity index (χ2n) is 5.61. The Bertz CT molecular complexity index is 1010. The van der Waals surface area contributed by atoms with Gasteiger partial charge in [-0.1, -0.05) is 0 Å². The van der Waals surface area contributed by atoms with Gasteiger partial charge in [0.2, 0.25) is 0 Å². The number of nitro groups is 1. The Balaban J connectivity index is 1.68. The summed E-state index contributed by atoms with van der Waals surface area (Å²) in [5.74, 6) is -0.665. The third-order valence-corrected chi connectivity index (χ3v) is 3.78. The van der Waals surface area contributed by atoms with Crippen molar-refractivity contribution in [3.8, 4) is 5.75 Å². The minimum atomic E-state index is -0.619. The van der Waals surface area contributed by atoms with Crippen LogP contribution in [0.5, 0.6) is 5.75 Å². The number of nitrogens with zero attached hydrogens (tertiary/aromatic N) is 1. The molecule has 0 saturated carbocycles. The highest BCUT2D eigenvalue weighted by atomic mass is 16.6. The predicted molar refractivity (Wildman–Crippen MR) is 101 cm³/mol. The van der Waals surface area contributed by atoms with E-state index in [0.717, 1.165) is 6.07 Å². The van der Waals surface area contributed by atoms with Crippen molar-refractivity contribution >= 4 is 28.9 Å². The van der Waals surface area contributed by atoms with Crippen LogP contribution in [0.15, 0.2) is 65.3 Å². The molecule has 0 aliphatic carbocycles. The number of furan rings is 1. The molecule has 3 rings (SSSR count). The first-order chi connectivity index (χ1) is 13.5. The maximum Gasteiger partial charge on any atom is 0.311 e. The van der Waals surface area contributed by atoms with Crippen LogP contribution in [0.3, 0.4) is 0 Å². The van der Waals surface area contributed by atoms with Gasteiger partial charge < -0.3 is 19.8 Å². The van der Waals surface area contributed by atoms with Crippen LogP contribution in [0, 0.1) is 10.1 Å². The van der Waals surface area contributed by atoms with Crippen molar-refractivity contribution in [2.45, 2.75) is 0 Å². The summed E-state index contributed by atoms with van der Waals surface area (Å²) in [6, 6.07) is 13.5. The number of hydrogen-bond acceptors (Lipinski definition) is 6. The molecule has 0 aliphatic heterocycles. The molecule has 0 saturated heterocycles. The van der Waals surface area contributed by atoms with Gasteiger partial charge in [0.15, 0.2) is 11.5 Å². The quantitative estimate of drug-likeness (QED) is 0.496. The van der Waals surface area contributed by atoms with Crippen LogP contribution in [-0.4, -0.2) is 23.8 Å². The molecule has 2 N–H and O–H groups in total. The maximum atomic E-state index is 12.3. The van der Waals surface area contributed by atoms with Gasteiger partial charge in [-0.25, -0.2) is 0 Å². The number of amides is 2. The van der Waals surface area contributed by atoms with Crippen LogP contribution in [-0.2, 0) is 0 Å². The number of nitrogens with one attached hydrogen (secondary N) is 2. The van der Waals surface area contributed by atoms with Crippen LogP contribution < -0.4 is 15.4 Å². The minimum absolute atomic E-state index is 0.0678. The summed E-state index contributed by atoms with van der Waals surface area (Å²) in [5.41, 5.74) is 0.785. The van der Waals surface area contributed by atoms with Crippen molar-refractivity contribution in [2.75, 3.05) is 17.7 Å². The molecule has 9 nitrogen and oxygen atoms in total. The molecule has 0 spiro atoms. The summed E-state index contributed by atoms with van der Waals surface area (Å²) >= 11 is 0. The second kappa shape index (κ2) is 8.04. The van der Waals surface area contributed by atoms with Crippen LogP contribution in [0.4, 0.5) is 17.1 Å². The molecule has 28 heavy (non-hydrogen) atoms. The second-order valence-corrected chi connectivity index (χ2v) is 5.61. The van der Waals surface area contributed by atoms with Crippen LogP contribution in [0.2, 0.25) is 0 Å². The van der Waals surface area contributed by atoms with Gasteiger partial charge in [-0.3, -0.25) is 19.7 Å². The monoisotopic (exact) mass is 381 g/mol. The number of nitro benzene ring substituents is 1. The van der Waals surface area contributed by atoms with Gasteiger partial charge in [0, 0.05) is 23.0 Å². The Labute approximate surface area is 159 Å². The van der Waals surface area contributed by atoms with E-state index in [1.807, 2.05) is 0 Å². The Morgan fingerprint density at radius 3 is 2.18 bits per heavy atom. The molecule has 1 heterocycles. The molecule has 2 amide bonds. The highest BCUT2D eigenvalue weighted by Crippen LogP contribution is 2.28. The summed E-state index contributed by atoms with van der Waals surface area (Å²) in [4.78, 5) is 34.7. The number of anilines is 2. The average Bonchev–Trinajstić information content (AvgIpc) is 3.24.